The monoisotopic (exact) mass is 564 g/mol. The van der Waals surface area contributed by atoms with Crippen LogP contribution in [0.2, 0.25) is 0 Å². The van der Waals surface area contributed by atoms with Gasteiger partial charge in [-0.15, -0.1) is 0 Å². The molecular weight excluding hydrogens is 544 g/mol. The molecule has 13 heteroatoms. The van der Waals surface area contributed by atoms with Gasteiger partial charge >= 0.3 is 29.8 Å². The average Bonchev–Trinajstić information content (AvgIpc) is 3.19. The minimum Gasteiger partial charge on any atom is -0.508 e. The minimum absolute atomic E-state index is 0.00558. The molecule has 0 aromatic heterocycles. The highest BCUT2D eigenvalue weighted by atomic mass is 16.6. The van der Waals surface area contributed by atoms with Crippen LogP contribution in [0.1, 0.15) is 62.4 Å². The van der Waals surface area contributed by atoms with Crippen molar-refractivity contribution in [3.05, 3.63) is 81.4 Å². The maximum atomic E-state index is 13.2. The number of hydrogen-bond acceptors (Lipinski definition) is 10. The molecule has 3 aromatic rings. The van der Waals surface area contributed by atoms with Crippen molar-refractivity contribution < 1.29 is 63.7 Å². The second kappa shape index (κ2) is 8.98. The van der Waals surface area contributed by atoms with Crippen molar-refractivity contribution in [2.45, 2.75) is 31.5 Å². The van der Waals surface area contributed by atoms with Crippen molar-refractivity contribution in [3.8, 4) is 23.0 Å². The standard InChI is InChI=1S/C28H20O13/c1-11(29)39-10-14-21(31)19(27(2,25(35)36)26(37)38)18(23(32)33)20-22(14)40-17-9-12(30)7-8-16(17)28(20)15-6-4-3-5-13(15)24(34)41-28/h3-9,30-31H,10H2,1-2H3,(H,32,33)(H,35,36)(H,37,38). The number of hydrogen-bond donors (Lipinski definition) is 5. The van der Waals surface area contributed by atoms with Gasteiger partial charge in [0.25, 0.3) is 0 Å². The second-order valence-corrected chi connectivity index (χ2v) is 9.50. The van der Waals surface area contributed by atoms with Crippen molar-refractivity contribution in [1.82, 2.24) is 0 Å². The molecule has 0 saturated heterocycles. The summed E-state index contributed by atoms with van der Waals surface area (Å²) in [5.74, 6) is -9.80. The Balaban J connectivity index is 2.07. The van der Waals surface area contributed by atoms with Crippen molar-refractivity contribution in [2.75, 3.05) is 0 Å². The maximum Gasteiger partial charge on any atom is 0.340 e. The third-order valence-electron chi connectivity index (χ3n) is 7.19. The van der Waals surface area contributed by atoms with Crippen LogP contribution in [-0.4, -0.2) is 55.4 Å². The van der Waals surface area contributed by atoms with E-state index in [-0.39, 0.29) is 28.2 Å². The summed E-state index contributed by atoms with van der Waals surface area (Å²) in [4.78, 5) is 62.8. The van der Waals surface area contributed by atoms with Gasteiger partial charge in [-0.25, -0.2) is 9.59 Å². The Bertz CT molecular complexity index is 1710. The van der Waals surface area contributed by atoms with Crippen molar-refractivity contribution in [3.63, 3.8) is 0 Å². The summed E-state index contributed by atoms with van der Waals surface area (Å²) in [5.41, 5.74) is -8.29. The molecule has 210 valence electrons. The smallest absolute Gasteiger partial charge is 0.340 e. The number of benzene rings is 3. The van der Waals surface area contributed by atoms with Gasteiger partial charge in [-0.3, -0.25) is 14.4 Å². The first-order chi connectivity index (χ1) is 19.3. The number of esters is 2. The van der Waals surface area contributed by atoms with Gasteiger partial charge in [-0.1, -0.05) is 18.2 Å². The molecule has 1 atom stereocenters. The van der Waals surface area contributed by atoms with Gasteiger partial charge in [0.1, 0.15) is 29.6 Å². The lowest BCUT2D eigenvalue weighted by Crippen LogP contribution is -2.44. The second-order valence-electron chi connectivity index (χ2n) is 9.50. The van der Waals surface area contributed by atoms with Gasteiger partial charge in [0.15, 0.2) is 11.0 Å². The third-order valence-corrected chi connectivity index (χ3v) is 7.19. The van der Waals surface area contributed by atoms with E-state index in [0.717, 1.165) is 13.0 Å². The molecule has 3 aromatic carbocycles. The first-order valence-corrected chi connectivity index (χ1v) is 11.9. The number of aliphatic carboxylic acids is 2. The highest BCUT2D eigenvalue weighted by molar-refractivity contribution is 6.09. The summed E-state index contributed by atoms with van der Waals surface area (Å²) >= 11 is 0. The normalized spacial score (nSPS) is 16.6. The lowest BCUT2D eigenvalue weighted by atomic mass is 9.70. The van der Waals surface area contributed by atoms with E-state index in [1.54, 1.807) is 0 Å². The van der Waals surface area contributed by atoms with E-state index < -0.39 is 81.2 Å². The molecule has 0 fully saturated rings. The van der Waals surface area contributed by atoms with Crippen molar-refractivity contribution in [2.24, 2.45) is 0 Å². The lowest BCUT2D eigenvalue weighted by Gasteiger charge is -2.40. The predicted octanol–water partition coefficient (Wildman–Crippen LogP) is 2.85. The van der Waals surface area contributed by atoms with E-state index in [1.165, 1.54) is 36.4 Å². The molecule has 0 aliphatic carbocycles. The molecule has 0 saturated carbocycles. The maximum absolute atomic E-state index is 13.2. The molecule has 2 heterocycles. The number of carboxylic acid groups (broad SMARTS) is 3. The van der Waals surface area contributed by atoms with E-state index in [4.69, 9.17) is 14.2 Å². The van der Waals surface area contributed by atoms with Gasteiger partial charge in [-0.2, -0.15) is 0 Å². The minimum atomic E-state index is -3.07. The summed E-state index contributed by atoms with van der Waals surface area (Å²) < 4.78 is 16.9. The topological polar surface area (TPSA) is 214 Å². The van der Waals surface area contributed by atoms with Crippen LogP contribution in [0.4, 0.5) is 0 Å². The van der Waals surface area contributed by atoms with E-state index in [2.05, 4.69) is 0 Å². The first kappa shape index (κ1) is 27.0. The number of carboxylic acids is 3. The fraction of sp³-hybridized carbons (Fsp3) is 0.179. The Morgan fingerprint density at radius 1 is 0.976 bits per heavy atom. The number of fused-ring (bicyclic) bond motifs is 6. The van der Waals surface area contributed by atoms with Crippen molar-refractivity contribution >= 4 is 29.8 Å². The summed E-state index contributed by atoms with van der Waals surface area (Å²) in [6.07, 6.45) is 0. The number of carbonyl (C=O) groups excluding carboxylic acids is 2. The zero-order valence-electron chi connectivity index (χ0n) is 21.3. The van der Waals surface area contributed by atoms with Crippen LogP contribution in [0.3, 0.4) is 0 Å². The van der Waals surface area contributed by atoms with Crippen LogP contribution in [0.15, 0.2) is 42.5 Å². The summed E-state index contributed by atoms with van der Waals surface area (Å²) in [5, 5.41) is 52.2. The average molecular weight is 564 g/mol. The van der Waals surface area contributed by atoms with Gasteiger partial charge < -0.3 is 39.7 Å². The molecule has 2 aliphatic rings. The summed E-state index contributed by atoms with van der Waals surface area (Å²) in [6.45, 7) is 0.878. The molecule has 2 aliphatic heterocycles. The van der Waals surface area contributed by atoms with Gasteiger partial charge in [0, 0.05) is 29.7 Å². The van der Waals surface area contributed by atoms with Crippen LogP contribution in [0, 0.1) is 0 Å². The van der Waals surface area contributed by atoms with Crippen LogP contribution >= 0.6 is 0 Å². The fourth-order valence-electron chi connectivity index (χ4n) is 5.26. The van der Waals surface area contributed by atoms with E-state index in [0.29, 0.717) is 6.92 Å². The molecule has 13 nitrogen and oxygen atoms in total. The molecule has 5 N–H and O–H groups in total. The highest BCUT2D eigenvalue weighted by Crippen LogP contribution is 2.61. The highest BCUT2D eigenvalue weighted by Gasteiger charge is 2.59. The van der Waals surface area contributed by atoms with Gasteiger partial charge in [-0.05, 0) is 25.1 Å². The van der Waals surface area contributed by atoms with E-state index >= 15 is 0 Å². The SMILES string of the molecule is CC(=O)OCc1c(O)c(C(C)(C(=O)O)C(=O)O)c(C(=O)O)c2c1Oc1cc(O)ccc1C21OC(=O)c2ccccc21. The van der Waals surface area contributed by atoms with Crippen LogP contribution in [0.5, 0.6) is 23.0 Å². The predicted molar refractivity (Wildman–Crippen MR) is 133 cm³/mol. The largest absolute Gasteiger partial charge is 0.508 e. The number of phenols is 2. The molecule has 41 heavy (non-hydrogen) atoms. The molecule has 0 radical (unpaired) electrons. The Hall–Kier alpha value is -5.59. The Labute approximate surface area is 229 Å². The fourth-order valence-corrected chi connectivity index (χ4v) is 5.26. The van der Waals surface area contributed by atoms with Gasteiger partial charge in [0.2, 0.25) is 0 Å². The zero-order chi connectivity index (χ0) is 30.0. The van der Waals surface area contributed by atoms with E-state index in [1.807, 2.05) is 0 Å². The Morgan fingerprint density at radius 2 is 1.63 bits per heavy atom. The quantitative estimate of drug-likeness (QED) is 0.215. The number of aromatic hydroxyl groups is 2. The molecule has 1 spiro atoms. The number of aromatic carboxylic acids is 1. The van der Waals surface area contributed by atoms with Gasteiger partial charge in [0.05, 0.1) is 22.3 Å². The molecule has 0 bridgehead atoms. The van der Waals surface area contributed by atoms with Crippen LogP contribution < -0.4 is 4.74 Å². The number of carbonyl (C=O) groups is 5. The Kier molecular flexibility index (Phi) is 5.91. The lowest BCUT2D eigenvalue weighted by molar-refractivity contribution is -0.157. The zero-order valence-corrected chi connectivity index (χ0v) is 21.3. The third kappa shape index (κ3) is 3.58. The molecule has 0 amide bonds. The first-order valence-electron chi connectivity index (χ1n) is 11.9. The number of phenolic OH excluding ortho intramolecular Hbond substituents is 2. The van der Waals surface area contributed by atoms with E-state index in [9.17, 15) is 49.5 Å². The van der Waals surface area contributed by atoms with Crippen molar-refractivity contribution in [1.29, 1.82) is 0 Å². The Morgan fingerprint density at radius 3 is 2.24 bits per heavy atom. The summed E-state index contributed by atoms with van der Waals surface area (Å²) in [7, 11) is 0. The molecule has 5 rings (SSSR count). The van der Waals surface area contributed by atoms with Crippen LogP contribution in [0.25, 0.3) is 0 Å². The van der Waals surface area contributed by atoms with Crippen LogP contribution in [-0.2, 0) is 41.5 Å². The molecular formula is C28H20O13. The number of rotatable bonds is 6. The summed E-state index contributed by atoms with van der Waals surface area (Å²) in [6, 6.07) is 9.54. The number of ether oxygens (including phenoxy) is 3. The molecule has 1 unspecified atom stereocenters.